The molecule has 0 aromatic heterocycles. The van der Waals surface area contributed by atoms with Crippen LogP contribution in [0, 0.1) is 5.92 Å². The molecule has 1 saturated carbocycles. The summed E-state index contributed by atoms with van der Waals surface area (Å²) in [6.07, 6.45) is 6.59. The van der Waals surface area contributed by atoms with Crippen molar-refractivity contribution in [2.75, 3.05) is 20.1 Å². The van der Waals surface area contributed by atoms with Crippen molar-refractivity contribution in [1.82, 2.24) is 10.2 Å². The number of amides is 2. The number of ether oxygens (including phenoxy) is 1. The second-order valence-electron chi connectivity index (χ2n) is 6.23. The summed E-state index contributed by atoms with van der Waals surface area (Å²) in [6.45, 7) is 1.19. The Labute approximate surface area is 125 Å². The third-order valence-electron chi connectivity index (χ3n) is 4.47. The lowest BCUT2D eigenvalue weighted by Crippen LogP contribution is -2.43. The molecule has 0 radical (unpaired) electrons. The third-order valence-corrected chi connectivity index (χ3v) is 4.47. The van der Waals surface area contributed by atoms with Crippen LogP contribution in [0.2, 0.25) is 0 Å². The number of carbonyl (C=O) groups is 2. The molecule has 2 amide bonds. The Morgan fingerprint density at radius 2 is 1.90 bits per heavy atom. The summed E-state index contributed by atoms with van der Waals surface area (Å²) in [5.41, 5.74) is 0. The second-order valence-corrected chi connectivity index (χ2v) is 6.23. The summed E-state index contributed by atoms with van der Waals surface area (Å²) in [5, 5.41) is 11.7. The number of hydrogen-bond donors (Lipinski definition) is 2. The molecular formula is C15H26N2O4. The second kappa shape index (κ2) is 7.64. The van der Waals surface area contributed by atoms with E-state index in [1.165, 1.54) is 32.1 Å². The number of carboxylic acid groups (broad SMARTS) is 1. The van der Waals surface area contributed by atoms with Gasteiger partial charge < -0.3 is 20.1 Å². The summed E-state index contributed by atoms with van der Waals surface area (Å²) in [5.74, 6) is -0.299. The summed E-state index contributed by atoms with van der Waals surface area (Å²) in [4.78, 5) is 24.6. The first-order valence-electron chi connectivity index (χ1n) is 7.93. The molecule has 2 N–H and O–H groups in total. The molecule has 1 saturated heterocycles. The van der Waals surface area contributed by atoms with Gasteiger partial charge in [0.25, 0.3) is 0 Å². The summed E-state index contributed by atoms with van der Waals surface area (Å²) < 4.78 is 5.37. The normalized spacial score (nSPS) is 26.5. The van der Waals surface area contributed by atoms with Crippen LogP contribution in [0.15, 0.2) is 0 Å². The van der Waals surface area contributed by atoms with E-state index >= 15 is 0 Å². The molecule has 2 atom stereocenters. The molecule has 2 aliphatic rings. The van der Waals surface area contributed by atoms with E-state index in [1.807, 2.05) is 7.05 Å². The molecule has 0 aromatic rings. The quantitative estimate of drug-likeness (QED) is 0.811. The van der Waals surface area contributed by atoms with Crippen molar-refractivity contribution in [3.63, 3.8) is 0 Å². The van der Waals surface area contributed by atoms with Gasteiger partial charge in [-0.05, 0) is 31.6 Å². The van der Waals surface area contributed by atoms with E-state index in [0.29, 0.717) is 25.3 Å². The van der Waals surface area contributed by atoms with Crippen molar-refractivity contribution < 1.29 is 19.4 Å². The van der Waals surface area contributed by atoms with Gasteiger partial charge in [-0.25, -0.2) is 9.59 Å². The van der Waals surface area contributed by atoms with Gasteiger partial charge in [0.2, 0.25) is 0 Å². The van der Waals surface area contributed by atoms with Crippen molar-refractivity contribution >= 4 is 12.0 Å². The lowest BCUT2D eigenvalue weighted by atomic mass is 9.89. The average Bonchev–Trinajstić information content (AvgIpc) is 2.95. The van der Waals surface area contributed by atoms with Crippen molar-refractivity contribution in [3.8, 4) is 0 Å². The highest BCUT2D eigenvalue weighted by atomic mass is 16.5. The first-order chi connectivity index (χ1) is 10.1. The highest BCUT2D eigenvalue weighted by Crippen LogP contribution is 2.24. The maximum Gasteiger partial charge on any atom is 0.332 e. The molecule has 1 aliphatic heterocycles. The molecular weight excluding hydrogens is 272 g/mol. The minimum Gasteiger partial charge on any atom is -0.479 e. The molecule has 1 heterocycles. The van der Waals surface area contributed by atoms with E-state index in [-0.39, 0.29) is 12.1 Å². The molecule has 0 aromatic carbocycles. The van der Waals surface area contributed by atoms with Crippen LogP contribution in [0.3, 0.4) is 0 Å². The first kappa shape index (κ1) is 16.1. The van der Waals surface area contributed by atoms with Crippen LogP contribution in [-0.4, -0.2) is 54.4 Å². The number of carboxylic acids is 1. The Hall–Kier alpha value is -1.30. The fraction of sp³-hybridized carbons (Fsp3) is 0.867. The predicted octanol–water partition coefficient (Wildman–Crippen LogP) is 1.84. The largest absolute Gasteiger partial charge is 0.479 e. The van der Waals surface area contributed by atoms with Gasteiger partial charge in [-0.2, -0.15) is 0 Å². The average molecular weight is 298 g/mol. The SMILES string of the molecule is CN(CC1CCCCC1)C(=O)NCC1CCC(C(=O)O)O1. The van der Waals surface area contributed by atoms with Gasteiger partial charge in [0.05, 0.1) is 6.10 Å². The minimum atomic E-state index is -0.918. The molecule has 2 fully saturated rings. The molecule has 2 rings (SSSR count). The molecule has 21 heavy (non-hydrogen) atoms. The number of nitrogens with zero attached hydrogens (tertiary/aromatic N) is 1. The van der Waals surface area contributed by atoms with E-state index in [9.17, 15) is 9.59 Å². The van der Waals surface area contributed by atoms with Gasteiger partial charge in [0.1, 0.15) is 0 Å². The number of hydrogen-bond acceptors (Lipinski definition) is 3. The number of carbonyl (C=O) groups excluding carboxylic acids is 1. The van der Waals surface area contributed by atoms with Crippen LogP contribution >= 0.6 is 0 Å². The number of rotatable bonds is 5. The molecule has 0 spiro atoms. The zero-order chi connectivity index (χ0) is 15.2. The van der Waals surface area contributed by atoms with E-state index in [2.05, 4.69) is 5.32 Å². The molecule has 2 unspecified atom stereocenters. The standard InChI is InChI=1S/C15H26N2O4/c1-17(10-11-5-3-2-4-6-11)15(20)16-9-12-7-8-13(21-12)14(18)19/h11-13H,2-10H2,1H3,(H,16,20)(H,18,19). The van der Waals surface area contributed by atoms with E-state index in [1.54, 1.807) is 4.90 Å². The highest BCUT2D eigenvalue weighted by Gasteiger charge is 2.30. The molecule has 120 valence electrons. The maximum absolute atomic E-state index is 12.0. The number of nitrogens with one attached hydrogen (secondary N) is 1. The Bertz CT molecular complexity index is 369. The van der Waals surface area contributed by atoms with Crippen LogP contribution in [0.5, 0.6) is 0 Å². The predicted molar refractivity (Wildman–Crippen MR) is 78.1 cm³/mol. The molecule has 1 aliphatic carbocycles. The van der Waals surface area contributed by atoms with Gasteiger partial charge in [-0.1, -0.05) is 19.3 Å². The van der Waals surface area contributed by atoms with Gasteiger partial charge in [0, 0.05) is 20.1 Å². The van der Waals surface area contributed by atoms with Crippen molar-refractivity contribution in [1.29, 1.82) is 0 Å². The van der Waals surface area contributed by atoms with Gasteiger partial charge in [0.15, 0.2) is 6.10 Å². The summed E-state index contributed by atoms with van der Waals surface area (Å²) >= 11 is 0. The van der Waals surface area contributed by atoms with Gasteiger partial charge in [-0.3, -0.25) is 0 Å². The maximum atomic E-state index is 12.0. The first-order valence-corrected chi connectivity index (χ1v) is 7.93. The van der Waals surface area contributed by atoms with E-state index in [0.717, 1.165) is 6.54 Å². The zero-order valence-corrected chi connectivity index (χ0v) is 12.7. The van der Waals surface area contributed by atoms with Crippen LogP contribution in [-0.2, 0) is 9.53 Å². The van der Waals surface area contributed by atoms with Crippen LogP contribution in [0.4, 0.5) is 4.79 Å². The van der Waals surface area contributed by atoms with Crippen molar-refractivity contribution in [3.05, 3.63) is 0 Å². The monoisotopic (exact) mass is 298 g/mol. The van der Waals surface area contributed by atoms with Crippen LogP contribution < -0.4 is 5.32 Å². The number of urea groups is 1. The minimum absolute atomic E-state index is 0.0945. The Morgan fingerprint density at radius 3 is 2.52 bits per heavy atom. The lowest BCUT2D eigenvalue weighted by Gasteiger charge is -2.27. The molecule has 6 nitrogen and oxygen atoms in total. The molecule has 6 heteroatoms. The summed E-state index contributed by atoms with van der Waals surface area (Å²) in [6, 6.07) is -0.0945. The fourth-order valence-electron chi connectivity index (χ4n) is 3.21. The smallest absolute Gasteiger partial charge is 0.332 e. The number of aliphatic carboxylic acids is 1. The van der Waals surface area contributed by atoms with Gasteiger partial charge >= 0.3 is 12.0 Å². The molecule has 0 bridgehead atoms. The Morgan fingerprint density at radius 1 is 1.19 bits per heavy atom. The zero-order valence-electron chi connectivity index (χ0n) is 12.7. The van der Waals surface area contributed by atoms with Gasteiger partial charge in [-0.15, -0.1) is 0 Å². The Kier molecular flexibility index (Phi) is 5.85. The van der Waals surface area contributed by atoms with E-state index < -0.39 is 12.1 Å². The lowest BCUT2D eigenvalue weighted by molar-refractivity contribution is -0.149. The topological polar surface area (TPSA) is 78.9 Å². The Balaban J connectivity index is 1.65. The highest BCUT2D eigenvalue weighted by molar-refractivity contribution is 5.74. The van der Waals surface area contributed by atoms with Crippen LogP contribution in [0.25, 0.3) is 0 Å². The van der Waals surface area contributed by atoms with E-state index in [4.69, 9.17) is 9.84 Å². The van der Waals surface area contributed by atoms with Crippen molar-refractivity contribution in [2.24, 2.45) is 5.92 Å². The third kappa shape index (κ3) is 4.88. The van der Waals surface area contributed by atoms with Crippen LogP contribution in [0.1, 0.15) is 44.9 Å². The summed E-state index contributed by atoms with van der Waals surface area (Å²) in [7, 11) is 1.82. The fourth-order valence-corrected chi connectivity index (χ4v) is 3.21. The van der Waals surface area contributed by atoms with Crippen molar-refractivity contribution in [2.45, 2.75) is 57.2 Å².